The normalized spacial score (nSPS) is 26.4. The smallest absolute Gasteiger partial charge is 0.317 e. The number of amides is 1. The lowest BCUT2D eigenvalue weighted by molar-refractivity contribution is -0.140. The van der Waals surface area contributed by atoms with E-state index in [-0.39, 0.29) is 29.8 Å². The lowest BCUT2D eigenvalue weighted by Gasteiger charge is -2.43. The third kappa shape index (κ3) is 4.70. The minimum Gasteiger partial charge on any atom is -0.480 e. The Morgan fingerprint density at radius 1 is 1.27 bits per heavy atom. The van der Waals surface area contributed by atoms with Gasteiger partial charge >= 0.3 is 5.97 Å². The van der Waals surface area contributed by atoms with E-state index >= 15 is 0 Å². The molecule has 0 heterocycles. The molecule has 22 heavy (non-hydrogen) atoms. The van der Waals surface area contributed by atoms with Crippen molar-refractivity contribution in [3.05, 3.63) is 0 Å². The van der Waals surface area contributed by atoms with Crippen molar-refractivity contribution in [1.82, 2.24) is 10.2 Å². The van der Waals surface area contributed by atoms with Crippen LogP contribution in [0.1, 0.15) is 53.4 Å². The molecule has 5 nitrogen and oxygen atoms in total. The molecule has 0 spiro atoms. The van der Waals surface area contributed by atoms with Crippen LogP contribution in [0.25, 0.3) is 0 Å². The molecule has 0 aromatic heterocycles. The van der Waals surface area contributed by atoms with Crippen molar-refractivity contribution in [2.24, 2.45) is 17.3 Å². The van der Waals surface area contributed by atoms with Gasteiger partial charge in [-0.05, 0) is 37.0 Å². The van der Waals surface area contributed by atoms with Gasteiger partial charge in [-0.15, -0.1) is 0 Å². The summed E-state index contributed by atoms with van der Waals surface area (Å²) < 4.78 is 0. The van der Waals surface area contributed by atoms with Crippen LogP contribution in [-0.2, 0) is 9.59 Å². The molecule has 1 unspecified atom stereocenters. The van der Waals surface area contributed by atoms with E-state index < -0.39 is 5.97 Å². The first kappa shape index (κ1) is 17.3. The summed E-state index contributed by atoms with van der Waals surface area (Å²) in [6.45, 7) is 9.22. The predicted molar refractivity (Wildman–Crippen MR) is 85.5 cm³/mol. The molecule has 2 aliphatic rings. The quantitative estimate of drug-likeness (QED) is 0.755. The van der Waals surface area contributed by atoms with Crippen molar-refractivity contribution in [1.29, 1.82) is 0 Å². The number of rotatable bonds is 7. The second-order valence-electron chi connectivity index (χ2n) is 8.19. The Morgan fingerprint density at radius 3 is 2.32 bits per heavy atom. The number of carbonyl (C=O) groups excluding carboxylic acids is 1. The first-order chi connectivity index (χ1) is 10.2. The Labute approximate surface area is 133 Å². The number of carbonyl (C=O) groups is 2. The minimum atomic E-state index is -0.755. The lowest BCUT2D eigenvalue weighted by Crippen LogP contribution is -2.56. The average molecular weight is 310 g/mol. The molecule has 0 aromatic carbocycles. The zero-order valence-corrected chi connectivity index (χ0v) is 14.3. The zero-order chi connectivity index (χ0) is 16.5. The first-order valence-electron chi connectivity index (χ1n) is 8.43. The second-order valence-corrected chi connectivity index (χ2v) is 8.19. The Kier molecular flexibility index (Phi) is 5.15. The number of nitrogens with zero attached hydrogens (tertiary/aromatic N) is 1. The number of hydrogen-bond donors (Lipinski definition) is 2. The van der Waals surface area contributed by atoms with Gasteiger partial charge in [-0.1, -0.05) is 27.7 Å². The van der Waals surface area contributed by atoms with Gasteiger partial charge in [0.15, 0.2) is 0 Å². The van der Waals surface area contributed by atoms with Gasteiger partial charge in [0.25, 0.3) is 0 Å². The van der Waals surface area contributed by atoms with Crippen LogP contribution in [0, 0.1) is 17.3 Å². The van der Waals surface area contributed by atoms with Crippen LogP contribution in [0.5, 0.6) is 0 Å². The average Bonchev–Trinajstić information content (AvgIpc) is 3.13. The fraction of sp³-hybridized carbons (Fsp3) is 0.882. The molecule has 2 rings (SSSR count). The van der Waals surface area contributed by atoms with E-state index in [1.807, 2.05) is 6.92 Å². The fourth-order valence-electron chi connectivity index (χ4n) is 2.87. The van der Waals surface area contributed by atoms with E-state index in [1.54, 1.807) is 0 Å². The summed E-state index contributed by atoms with van der Waals surface area (Å²) in [6.07, 6.45) is 4.21. The zero-order valence-electron chi connectivity index (χ0n) is 14.3. The van der Waals surface area contributed by atoms with Crippen molar-refractivity contribution < 1.29 is 14.7 Å². The van der Waals surface area contributed by atoms with Crippen LogP contribution < -0.4 is 5.32 Å². The topological polar surface area (TPSA) is 69.6 Å². The Hall–Kier alpha value is -1.10. The first-order valence-corrected chi connectivity index (χ1v) is 8.43. The van der Waals surface area contributed by atoms with Crippen molar-refractivity contribution in [2.75, 3.05) is 13.1 Å². The lowest BCUT2D eigenvalue weighted by atomic mass is 9.80. The Bertz CT molecular complexity index is 420. The van der Waals surface area contributed by atoms with Gasteiger partial charge < -0.3 is 10.4 Å². The van der Waals surface area contributed by atoms with E-state index in [2.05, 4.69) is 31.0 Å². The maximum Gasteiger partial charge on any atom is 0.317 e. The molecule has 1 amide bonds. The summed E-state index contributed by atoms with van der Waals surface area (Å²) in [6, 6.07) is 0.518. The van der Waals surface area contributed by atoms with E-state index in [9.17, 15) is 9.59 Å². The van der Waals surface area contributed by atoms with E-state index in [1.165, 1.54) is 12.8 Å². The van der Waals surface area contributed by atoms with Crippen molar-refractivity contribution >= 4 is 11.9 Å². The van der Waals surface area contributed by atoms with E-state index in [0.717, 1.165) is 19.4 Å². The van der Waals surface area contributed by atoms with Crippen molar-refractivity contribution in [3.8, 4) is 0 Å². The van der Waals surface area contributed by atoms with Gasteiger partial charge in [-0.2, -0.15) is 0 Å². The molecule has 0 radical (unpaired) electrons. The van der Waals surface area contributed by atoms with E-state index in [0.29, 0.717) is 12.0 Å². The van der Waals surface area contributed by atoms with Crippen LogP contribution in [0.2, 0.25) is 0 Å². The summed E-state index contributed by atoms with van der Waals surface area (Å²) in [5, 5.41) is 12.2. The maximum atomic E-state index is 12.2. The molecule has 2 fully saturated rings. The molecule has 0 aliphatic heterocycles. The van der Waals surface area contributed by atoms with Gasteiger partial charge in [-0.3, -0.25) is 14.5 Å². The summed E-state index contributed by atoms with van der Waals surface area (Å²) >= 11 is 0. The molecule has 1 atom stereocenters. The number of carboxylic acids is 1. The molecule has 5 heteroatoms. The van der Waals surface area contributed by atoms with Crippen LogP contribution >= 0.6 is 0 Å². The SMILES string of the molecule is CC(C(=O)NC1CC(N(CC(=O)O)CC2CC2)C1)C(C)(C)C. The number of hydrogen-bond acceptors (Lipinski definition) is 3. The highest BCUT2D eigenvalue weighted by Gasteiger charge is 2.38. The third-order valence-electron chi connectivity index (χ3n) is 5.20. The molecule has 0 aromatic rings. The third-order valence-corrected chi connectivity index (χ3v) is 5.20. The molecule has 2 saturated carbocycles. The standard InChI is InChI=1S/C17H30N2O3/c1-11(17(2,3)4)16(22)18-13-7-14(8-13)19(10-15(20)21)9-12-5-6-12/h11-14H,5-10H2,1-4H3,(H,18,22)(H,20,21). The highest BCUT2D eigenvalue weighted by molar-refractivity contribution is 5.79. The molecule has 0 bridgehead atoms. The molecule has 2 aliphatic carbocycles. The van der Waals surface area contributed by atoms with Gasteiger partial charge in [0.05, 0.1) is 6.54 Å². The van der Waals surface area contributed by atoms with E-state index in [4.69, 9.17) is 5.11 Å². The molecule has 126 valence electrons. The van der Waals surface area contributed by atoms with Crippen LogP contribution in [-0.4, -0.2) is 47.1 Å². The van der Waals surface area contributed by atoms with Gasteiger partial charge in [0, 0.05) is 24.5 Å². The Balaban J connectivity index is 1.77. The van der Waals surface area contributed by atoms with Gasteiger partial charge in [0.1, 0.15) is 0 Å². The fourth-order valence-corrected chi connectivity index (χ4v) is 2.87. The largest absolute Gasteiger partial charge is 0.480 e. The molecule has 0 saturated heterocycles. The van der Waals surface area contributed by atoms with Gasteiger partial charge in [-0.25, -0.2) is 0 Å². The van der Waals surface area contributed by atoms with Crippen molar-refractivity contribution in [2.45, 2.75) is 65.5 Å². The maximum absolute atomic E-state index is 12.2. The summed E-state index contributed by atoms with van der Waals surface area (Å²) in [7, 11) is 0. The monoisotopic (exact) mass is 310 g/mol. The van der Waals surface area contributed by atoms with Crippen LogP contribution in [0.15, 0.2) is 0 Å². The van der Waals surface area contributed by atoms with Crippen LogP contribution in [0.3, 0.4) is 0 Å². The summed E-state index contributed by atoms with van der Waals surface area (Å²) in [5.74, 6) is 0.0273. The minimum absolute atomic E-state index is 0.0202. The molecule has 2 N–H and O–H groups in total. The number of nitrogens with one attached hydrogen (secondary N) is 1. The highest BCUT2D eigenvalue weighted by atomic mass is 16.4. The number of aliphatic carboxylic acids is 1. The number of carboxylic acid groups (broad SMARTS) is 1. The van der Waals surface area contributed by atoms with Crippen molar-refractivity contribution in [3.63, 3.8) is 0 Å². The Morgan fingerprint density at radius 2 is 1.86 bits per heavy atom. The summed E-state index contributed by atoms with van der Waals surface area (Å²) in [5.41, 5.74) is -0.0332. The predicted octanol–water partition coefficient (Wildman–Crippen LogP) is 2.11. The molecular formula is C17H30N2O3. The second kappa shape index (κ2) is 6.57. The highest BCUT2D eigenvalue weighted by Crippen LogP contribution is 2.34. The van der Waals surface area contributed by atoms with Crippen LogP contribution in [0.4, 0.5) is 0 Å². The molecular weight excluding hydrogens is 280 g/mol. The summed E-state index contributed by atoms with van der Waals surface area (Å²) in [4.78, 5) is 25.3. The van der Waals surface area contributed by atoms with Gasteiger partial charge in [0.2, 0.25) is 5.91 Å².